The molecule has 0 atom stereocenters. The van der Waals surface area contributed by atoms with E-state index in [9.17, 15) is 0 Å². The van der Waals surface area contributed by atoms with Crippen LogP contribution in [0.2, 0.25) is 0 Å². The Morgan fingerprint density at radius 2 is 1.62 bits per heavy atom. The van der Waals surface area contributed by atoms with Gasteiger partial charge in [0.25, 0.3) is 0 Å². The molecule has 0 radical (unpaired) electrons. The molecule has 0 fully saturated rings. The molecule has 0 saturated heterocycles. The Hall–Kier alpha value is -1.02. The van der Waals surface area contributed by atoms with Crippen LogP contribution in [0.25, 0.3) is 0 Å². The maximum atomic E-state index is 3.71. The molecule has 0 aliphatic rings. The predicted molar refractivity (Wildman–Crippen MR) is 95.2 cm³/mol. The average Bonchev–Trinajstić information content (AvgIpc) is 2.43. The van der Waals surface area contributed by atoms with Gasteiger partial charge in [-0.15, -0.1) is 0 Å². The average molecular weight is 290 g/mol. The number of aryl methyl sites for hydroxylation is 1. The van der Waals surface area contributed by atoms with Crippen molar-refractivity contribution < 1.29 is 0 Å². The third-order valence-corrected chi connectivity index (χ3v) is 4.59. The van der Waals surface area contributed by atoms with Crippen LogP contribution in [-0.4, -0.2) is 25.7 Å². The number of hydrogen-bond acceptors (Lipinski definition) is 2. The number of nitrogens with zero attached hydrogens (tertiary/aromatic N) is 1. The quantitative estimate of drug-likeness (QED) is 0.788. The molecule has 0 aromatic heterocycles. The van der Waals surface area contributed by atoms with Crippen molar-refractivity contribution >= 4 is 5.69 Å². The largest absolute Gasteiger partial charge is 0.374 e. The van der Waals surface area contributed by atoms with Gasteiger partial charge in [0.2, 0.25) is 0 Å². The molecule has 21 heavy (non-hydrogen) atoms. The van der Waals surface area contributed by atoms with E-state index in [0.717, 1.165) is 13.1 Å². The van der Waals surface area contributed by atoms with E-state index in [-0.39, 0.29) is 5.54 Å². The number of nitrogens with one attached hydrogen (secondary N) is 1. The zero-order valence-corrected chi connectivity index (χ0v) is 15.1. The molecule has 0 saturated carbocycles. The first-order valence-electron chi connectivity index (χ1n) is 8.25. The van der Waals surface area contributed by atoms with Gasteiger partial charge in [0.15, 0.2) is 0 Å². The van der Waals surface area contributed by atoms with Crippen molar-refractivity contribution in [1.82, 2.24) is 5.32 Å². The van der Waals surface area contributed by atoms with E-state index < -0.39 is 0 Å². The minimum atomic E-state index is 0.177. The number of rotatable bonds is 7. The van der Waals surface area contributed by atoms with Crippen molar-refractivity contribution in [2.75, 3.05) is 25.0 Å². The van der Waals surface area contributed by atoms with E-state index in [4.69, 9.17) is 0 Å². The van der Waals surface area contributed by atoms with Gasteiger partial charge < -0.3 is 10.2 Å². The Labute approximate surface area is 131 Å². The molecule has 120 valence electrons. The Morgan fingerprint density at radius 3 is 2.10 bits per heavy atom. The van der Waals surface area contributed by atoms with Crippen LogP contribution in [0.1, 0.15) is 53.0 Å². The molecule has 0 spiro atoms. The van der Waals surface area contributed by atoms with Gasteiger partial charge in [0.1, 0.15) is 0 Å². The van der Waals surface area contributed by atoms with Crippen LogP contribution in [-0.2, 0) is 0 Å². The second-order valence-electron chi connectivity index (χ2n) is 7.45. The molecule has 0 amide bonds. The van der Waals surface area contributed by atoms with Crippen LogP contribution in [0.15, 0.2) is 24.3 Å². The maximum absolute atomic E-state index is 3.71. The monoisotopic (exact) mass is 290 g/mol. The molecule has 1 N–H and O–H groups in total. The number of anilines is 1. The van der Waals surface area contributed by atoms with Crippen LogP contribution in [0.5, 0.6) is 0 Å². The lowest BCUT2D eigenvalue weighted by Gasteiger charge is -2.39. The first-order chi connectivity index (χ1) is 9.73. The number of benzene rings is 1. The summed E-state index contributed by atoms with van der Waals surface area (Å²) in [5.41, 5.74) is 3.20. The highest BCUT2D eigenvalue weighted by molar-refractivity contribution is 5.52. The van der Waals surface area contributed by atoms with E-state index in [1.165, 1.54) is 24.1 Å². The second kappa shape index (κ2) is 7.31. The lowest BCUT2D eigenvalue weighted by atomic mass is 9.81. The summed E-state index contributed by atoms with van der Waals surface area (Å²) in [4.78, 5) is 2.42. The summed E-state index contributed by atoms with van der Waals surface area (Å²) in [5, 5.41) is 3.71. The molecule has 2 heteroatoms. The zero-order valence-electron chi connectivity index (χ0n) is 15.1. The topological polar surface area (TPSA) is 15.3 Å². The minimum Gasteiger partial charge on any atom is -0.374 e. The van der Waals surface area contributed by atoms with Crippen molar-refractivity contribution in [3.05, 3.63) is 29.8 Å². The first-order valence-corrected chi connectivity index (χ1v) is 8.25. The van der Waals surface area contributed by atoms with Crippen LogP contribution < -0.4 is 10.2 Å². The highest BCUT2D eigenvalue weighted by atomic mass is 15.1. The van der Waals surface area contributed by atoms with Crippen molar-refractivity contribution in [1.29, 1.82) is 0 Å². The molecule has 0 heterocycles. The maximum Gasteiger partial charge on any atom is 0.0393 e. The molecule has 0 unspecified atom stereocenters. The fraction of sp³-hybridized carbons (Fsp3) is 0.684. The van der Waals surface area contributed by atoms with Crippen molar-refractivity contribution in [2.45, 2.75) is 59.9 Å². The third kappa shape index (κ3) is 5.35. The highest BCUT2D eigenvalue weighted by Crippen LogP contribution is 2.30. The Kier molecular flexibility index (Phi) is 6.27. The molecule has 1 aromatic rings. The summed E-state index contributed by atoms with van der Waals surface area (Å²) in [5.74, 6) is 0. The van der Waals surface area contributed by atoms with Gasteiger partial charge in [0, 0.05) is 31.4 Å². The first kappa shape index (κ1) is 18.0. The van der Waals surface area contributed by atoms with Gasteiger partial charge in [0.05, 0.1) is 0 Å². The van der Waals surface area contributed by atoms with Gasteiger partial charge in [-0.2, -0.15) is 0 Å². The van der Waals surface area contributed by atoms with Crippen LogP contribution in [0.3, 0.4) is 0 Å². The summed E-state index contributed by atoms with van der Waals surface area (Å²) < 4.78 is 0. The van der Waals surface area contributed by atoms with Crippen LogP contribution in [0, 0.1) is 12.3 Å². The predicted octanol–water partition coefficient (Wildman–Crippen LogP) is 4.63. The van der Waals surface area contributed by atoms with Gasteiger partial charge in [-0.05, 0) is 57.6 Å². The van der Waals surface area contributed by atoms with E-state index in [1.54, 1.807) is 0 Å². The summed E-state index contributed by atoms with van der Waals surface area (Å²) >= 11 is 0. The highest BCUT2D eigenvalue weighted by Gasteiger charge is 2.29. The molecular formula is C19H34N2. The standard InChI is InChI=1S/C19H34N2/c1-8-19(9-2,14-20-18(4,5)6)15-21(7)17-13-11-10-12-16(17)3/h10-13,20H,8-9,14-15H2,1-7H3. The van der Waals surface area contributed by atoms with Gasteiger partial charge in [-0.25, -0.2) is 0 Å². The molecule has 0 bridgehead atoms. The van der Waals surface area contributed by atoms with Crippen LogP contribution >= 0.6 is 0 Å². The van der Waals surface area contributed by atoms with Gasteiger partial charge >= 0.3 is 0 Å². The third-order valence-electron chi connectivity index (χ3n) is 4.59. The Balaban J connectivity index is 2.84. The van der Waals surface area contributed by atoms with E-state index in [1.807, 2.05) is 0 Å². The van der Waals surface area contributed by atoms with Gasteiger partial charge in [-0.3, -0.25) is 0 Å². The van der Waals surface area contributed by atoms with E-state index >= 15 is 0 Å². The molecule has 0 aliphatic heterocycles. The Morgan fingerprint density at radius 1 is 1.05 bits per heavy atom. The molecule has 1 aromatic carbocycles. The minimum absolute atomic E-state index is 0.177. The SMILES string of the molecule is CCC(CC)(CNC(C)(C)C)CN(C)c1ccccc1C. The fourth-order valence-corrected chi connectivity index (χ4v) is 2.81. The van der Waals surface area contributed by atoms with E-state index in [2.05, 4.69) is 83.1 Å². The molecule has 2 nitrogen and oxygen atoms in total. The smallest absolute Gasteiger partial charge is 0.0393 e. The molecular weight excluding hydrogens is 256 g/mol. The summed E-state index contributed by atoms with van der Waals surface area (Å²) in [6.45, 7) is 15.7. The Bertz CT molecular complexity index is 427. The molecule has 1 rings (SSSR count). The van der Waals surface area contributed by atoms with Crippen molar-refractivity contribution in [2.24, 2.45) is 5.41 Å². The normalized spacial score (nSPS) is 12.5. The summed E-state index contributed by atoms with van der Waals surface area (Å²) in [6.07, 6.45) is 2.39. The van der Waals surface area contributed by atoms with Gasteiger partial charge in [-0.1, -0.05) is 32.0 Å². The zero-order chi connectivity index (χ0) is 16.1. The lowest BCUT2D eigenvalue weighted by molar-refractivity contribution is 0.228. The van der Waals surface area contributed by atoms with E-state index in [0.29, 0.717) is 5.41 Å². The van der Waals surface area contributed by atoms with Crippen LogP contribution in [0.4, 0.5) is 5.69 Å². The lowest BCUT2D eigenvalue weighted by Crippen LogP contribution is -2.48. The second-order valence-corrected chi connectivity index (χ2v) is 7.45. The summed E-state index contributed by atoms with van der Waals surface area (Å²) in [7, 11) is 2.22. The fourth-order valence-electron chi connectivity index (χ4n) is 2.81. The van der Waals surface area contributed by atoms with Crippen molar-refractivity contribution in [3.63, 3.8) is 0 Å². The summed E-state index contributed by atoms with van der Waals surface area (Å²) in [6, 6.07) is 8.66. The van der Waals surface area contributed by atoms with Crippen molar-refractivity contribution in [3.8, 4) is 0 Å². The number of para-hydroxylation sites is 1. The number of hydrogen-bond donors (Lipinski definition) is 1. The molecule has 0 aliphatic carbocycles.